The summed E-state index contributed by atoms with van der Waals surface area (Å²) in [4.78, 5) is 15.3. The summed E-state index contributed by atoms with van der Waals surface area (Å²) in [6.45, 7) is 4.44. The summed E-state index contributed by atoms with van der Waals surface area (Å²) in [5, 5.41) is 6.13. The van der Waals surface area contributed by atoms with Crippen molar-refractivity contribution in [2.24, 2.45) is 11.7 Å². The van der Waals surface area contributed by atoms with Crippen LogP contribution in [0.15, 0.2) is 4.52 Å². The summed E-state index contributed by atoms with van der Waals surface area (Å²) in [6, 6.07) is 0.161. The van der Waals surface area contributed by atoms with Crippen LogP contribution in [0.5, 0.6) is 0 Å². The van der Waals surface area contributed by atoms with Crippen molar-refractivity contribution in [3.63, 3.8) is 0 Å². The van der Waals surface area contributed by atoms with E-state index in [1.807, 2.05) is 0 Å². The van der Waals surface area contributed by atoms with Crippen molar-refractivity contribution >= 4 is 11.9 Å². The smallest absolute Gasteiger partial charge is 0.328 e. The van der Waals surface area contributed by atoms with Gasteiger partial charge in [-0.25, -0.2) is 0 Å². The molecule has 0 bridgehead atoms. The zero-order valence-electron chi connectivity index (χ0n) is 9.69. The molecule has 6 nitrogen and oxygen atoms in total. The Hall–Kier alpha value is -1.43. The lowest BCUT2D eigenvalue weighted by Crippen LogP contribution is -2.14. The van der Waals surface area contributed by atoms with Gasteiger partial charge in [0.1, 0.15) is 0 Å². The fourth-order valence-electron chi connectivity index (χ4n) is 1.34. The van der Waals surface area contributed by atoms with Crippen LogP contribution in [0.2, 0.25) is 0 Å². The number of nitrogens with two attached hydrogens (primary N) is 1. The molecule has 6 heteroatoms. The lowest BCUT2D eigenvalue weighted by atomic mass is 10.0. The van der Waals surface area contributed by atoms with Crippen LogP contribution >= 0.6 is 0 Å². The standard InChI is InChI=1S/C10H18N4O2/c1-7(5-6-11)3-4-9(15)13-10-12-8(2)14-16-10/h7H,3-6,11H2,1-2H3,(H,12,13,14,15). The number of rotatable bonds is 6. The van der Waals surface area contributed by atoms with Gasteiger partial charge in [0.2, 0.25) is 5.91 Å². The third kappa shape index (κ3) is 4.39. The van der Waals surface area contributed by atoms with Gasteiger partial charge in [0.25, 0.3) is 0 Å². The van der Waals surface area contributed by atoms with Gasteiger partial charge in [-0.15, -0.1) is 0 Å². The number of aromatic nitrogens is 2. The molecule has 1 rings (SSSR count). The van der Waals surface area contributed by atoms with Gasteiger partial charge < -0.3 is 10.3 Å². The van der Waals surface area contributed by atoms with Gasteiger partial charge in [0, 0.05) is 6.42 Å². The number of hydrogen-bond acceptors (Lipinski definition) is 5. The highest BCUT2D eigenvalue weighted by atomic mass is 16.5. The Morgan fingerprint density at radius 1 is 1.56 bits per heavy atom. The van der Waals surface area contributed by atoms with E-state index in [9.17, 15) is 4.79 Å². The maximum atomic E-state index is 11.5. The fourth-order valence-corrected chi connectivity index (χ4v) is 1.34. The maximum Gasteiger partial charge on any atom is 0.328 e. The maximum absolute atomic E-state index is 11.5. The van der Waals surface area contributed by atoms with Crippen LogP contribution < -0.4 is 11.1 Å². The van der Waals surface area contributed by atoms with Crippen molar-refractivity contribution in [1.82, 2.24) is 10.1 Å². The van der Waals surface area contributed by atoms with E-state index in [0.717, 1.165) is 12.8 Å². The number of hydrogen-bond donors (Lipinski definition) is 2. The molecule has 1 aromatic rings. The van der Waals surface area contributed by atoms with E-state index < -0.39 is 0 Å². The summed E-state index contributed by atoms with van der Waals surface area (Å²) in [6.07, 6.45) is 2.20. The topological polar surface area (TPSA) is 94.0 Å². The van der Waals surface area contributed by atoms with E-state index in [4.69, 9.17) is 10.3 Å². The Labute approximate surface area is 94.6 Å². The van der Waals surface area contributed by atoms with Gasteiger partial charge in [0.05, 0.1) is 0 Å². The van der Waals surface area contributed by atoms with Crippen molar-refractivity contribution in [2.45, 2.75) is 33.1 Å². The molecule has 0 saturated carbocycles. The summed E-state index contributed by atoms with van der Waals surface area (Å²) in [5.74, 6) is 0.861. The average molecular weight is 226 g/mol. The van der Waals surface area contributed by atoms with Crippen LogP contribution in [0.4, 0.5) is 6.01 Å². The lowest BCUT2D eigenvalue weighted by Gasteiger charge is -2.08. The van der Waals surface area contributed by atoms with Gasteiger partial charge in [-0.1, -0.05) is 12.1 Å². The van der Waals surface area contributed by atoms with Crippen LogP contribution in [0.1, 0.15) is 32.0 Å². The molecule has 16 heavy (non-hydrogen) atoms. The minimum Gasteiger partial charge on any atom is -0.330 e. The number of nitrogens with zero attached hydrogens (tertiary/aromatic N) is 2. The third-order valence-corrected chi connectivity index (χ3v) is 2.30. The Bertz CT molecular complexity index is 337. The van der Waals surface area contributed by atoms with Gasteiger partial charge in [-0.3, -0.25) is 10.1 Å². The number of nitrogens with one attached hydrogen (secondary N) is 1. The normalized spacial score (nSPS) is 12.4. The van der Waals surface area contributed by atoms with E-state index in [1.54, 1.807) is 6.92 Å². The molecule has 0 saturated heterocycles. The van der Waals surface area contributed by atoms with Gasteiger partial charge in [0.15, 0.2) is 5.82 Å². The lowest BCUT2D eigenvalue weighted by molar-refractivity contribution is -0.116. The van der Waals surface area contributed by atoms with Crippen molar-refractivity contribution in [3.05, 3.63) is 5.82 Å². The van der Waals surface area contributed by atoms with E-state index in [1.165, 1.54) is 0 Å². The number of carbonyl (C=O) groups excluding carboxylic acids is 1. The average Bonchev–Trinajstić information content (AvgIpc) is 2.61. The summed E-state index contributed by atoms with van der Waals surface area (Å²) in [5.41, 5.74) is 5.43. The van der Waals surface area contributed by atoms with Crippen molar-refractivity contribution < 1.29 is 9.32 Å². The highest BCUT2D eigenvalue weighted by Crippen LogP contribution is 2.10. The molecule has 3 N–H and O–H groups in total. The molecule has 0 aliphatic heterocycles. The second kappa shape index (κ2) is 6.22. The number of aryl methyl sites for hydroxylation is 1. The Kier molecular flexibility index (Phi) is 4.91. The molecule has 0 aromatic carbocycles. The largest absolute Gasteiger partial charge is 0.330 e. The van der Waals surface area contributed by atoms with Crippen molar-refractivity contribution in [3.8, 4) is 0 Å². The first-order valence-electron chi connectivity index (χ1n) is 5.42. The molecule has 1 unspecified atom stereocenters. The second-order valence-corrected chi connectivity index (χ2v) is 3.92. The number of carbonyl (C=O) groups is 1. The van der Waals surface area contributed by atoms with Crippen molar-refractivity contribution in [2.75, 3.05) is 11.9 Å². The molecular weight excluding hydrogens is 208 g/mol. The highest BCUT2D eigenvalue weighted by Gasteiger charge is 2.09. The molecule has 1 atom stereocenters. The minimum absolute atomic E-state index is 0.104. The summed E-state index contributed by atoms with van der Waals surface area (Å²) in [7, 11) is 0. The monoisotopic (exact) mass is 226 g/mol. The molecule has 1 aromatic heterocycles. The first kappa shape index (κ1) is 12.6. The predicted molar refractivity (Wildman–Crippen MR) is 59.7 cm³/mol. The van der Waals surface area contributed by atoms with E-state index >= 15 is 0 Å². The van der Waals surface area contributed by atoms with Gasteiger partial charge in [-0.05, 0) is 32.2 Å². The highest BCUT2D eigenvalue weighted by molar-refractivity contribution is 5.88. The predicted octanol–water partition coefficient (Wildman–Crippen LogP) is 1.08. The molecule has 0 spiro atoms. The summed E-state index contributed by atoms with van der Waals surface area (Å²) >= 11 is 0. The Balaban J connectivity index is 2.26. The van der Waals surface area contributed by atoms with Gasteiger partial charge >= 0.3 is 6.01 Å². The molecule has 1 heterocycles. The first-order valence-corrected chi connectivity index (χ1v) is 5.42. The molecule has 0 aliphatic carbocycles. The van der Waals surface area contributed by atoms with Crippen LogP contribution in [0, 0.1) is 12.8 Å². The van der Waals surface area contributed by atoms with E-state index in [0.29, 0.717) is 24.7 Å². The van der Waals surface area contributed by atoms with Crippen LogP contribution in [-0.2, 0) is 4.79 Å². The molecule has 1 amide bonds. The minimum atomic E-state index is -0.104. The Morgan fingerprint density at radius 2 is 2.31 bits per heavy atom. The molecular formula is C10H18N4O2. The molecule has 90 valence electrons. The van der Waals surface area contributed by atoms with E-state index in [-0.39, 0.29) is 11.9 Å². The molecule has 0 fully saturated rings. The van der Waals surface area contributed by atoms with Crippen LogP contribution in [0.25, 0.3) is 0 Å². The van der Waals surface area contributed by atoms with Crippen LogP contribution in [-0.4, -0.2) is 22.6 Å². The second-order valence-electron chi connectivity index (χ2n) is 3.92. The number of anilines is 1. The van der Waals surface area contributed by atoms with Crippen LogP contribution in [0.3, 0.4) is 0 Å². The van der Waals surface area contributed by atoms with Gasteiger partial charge in [-0.2, -0.15) is 4.98 Å². The third-order valence-electron chi connectivity index (χ3n) is 2.30. The molecule has 0 radical (unpaired) electrons. The fraction of sp³-hybridized carbons (Fsp3) is 0.700. The summed E-state index contributed by atoms with van der Waals surface area (Å²) < 4.78 is 4.78. The SMILES string of the molecule is Cc1noc(NC(=O)CCC(C)CCN)n1. The Morgan fingerprint density at radius 3 is 2.88 bits per heavy atom. The zero-order valence-corrected chi connectivity index (χ0v) is 9.69. The quantitative estimate of drug-likeness (QED) is 0.757. The molecule has 0 aliphatic rings. The zero-order chi connectivity index (χ0) is 12.0. The number of amides is 1. The van der Waals surface area contributed by atoms with Crippen molar-refractivity contribution in [1.29, 1.82) is 0 Å². The first-order chi connectivity index (χ1) is 7.61. The van der Waals surface area contributed by atoms with E-state index in [2.05, 4.69) is 22.4 Å².